The monoisotopic (exact) mass is 329 g/mol. The number of nitrogens with zero attached hydrogens (tertiary/aromatic N) is 2. The second-order valence-corrected chi connectivity index (χ2v) is 7.11. The molecule has 0 aliphatic heterocycles. The van der Waals surface area contributed by atoms with E-state index < -0.39 is 5.41 Å². The summed E-state index contributed by atoms with van der Waals surface area (Å²) in [7, 11) is 0. The summed E-state index contributed by atoms with van der Waals surface area (Å²) >= 11 is 1.14. The fraction of sp³-hybridized carbons (Fsp3) is 0.294. The molecule has 2 rings (SSSR count). The second-order valence-electron chi connectivity index (χ2n) is 6.11. The summed E-state index contributed by atoms with van der Waals surface area (Å²) in [5.74, 6) is -0.502. The Balaban J connectivity index is 2.13. The number of carbonyl (C=O) groups is 2. The zero-order chi connectivity index (χ0) is 17.0. The number of hydrogen-bond acceptors (Lipinski definition) is 4. The van der Waals surface area contributed by atoms with Crippen molar-refractivity contribution in [2.24, 2.45) is 10.4 Å². The summed E-state index contributed by atoms with van der Waals surface area (Å²) in [6, 6.07) is 9.39. The Morgan fingerprint density at radius 1 is 1.22 bits per heavy atom. The van der Waals surface area contributed by atoms with Crippen molar-refractivity contribution in [2.75, 3.05) is 5.32 Å². The number of aryl methyl sites for hydroxylation is 1. The first-order valence-electron chi connectivity index (χ1n) is 7.19. The highest BCUT2D eigenvalue weighted by Gasteiger charge is 2.23. The third kappa shape index (κ3) is 4.56. The Bertz CT molecular complexity index is 743. The third-order valence-electron chi connectivity index (χ3n) is 3.02. The van der Waals surface area contributed by atoms with Crippen molar-refractivity contribution in [3.8, 4) is 0 Å². The number of carbonyl (C=O) groups excluding carboxylic acids is 2. The number of benzene rings is 1. The highest BCUT2D eigenvalue weighted by molar-refractivity contribution is 7.17. The van der Waals surface area contributed by atoms with Crippen LogP contribution in [0.1, 0.15) is 41.7 Å². The van der Waals surface area contributed by atoms with Gasteiger partial charge in [0.15, 0.2) is 5.13 Å². The van der Waals surface area contributed by atoms with E-state index in [1.165, 1.54) is 6.21 Å². The van der Waals surface area contributed by atoms with Gasteiger partial charge in [0, 0.05) is 11.6 Å². The van der Waals surface area contributed by atoms with Gasteiger partial charge in [0.25, 0.3) is 5.91 Å². The number of nitrogens with one attached hydrogen (secondary N) is 1. The van der Waals surface area contributed by atoms with E-state index in [1.54, 1.807) is 6.92 Å². The van der Waals surface area contributed by atoms with Gasteiger partial charge in [-0.3, -0.25) is 9.59 Å². The minimum absolute atomic E-state index is 0.141. The molecule has 120 valence electrons. The molecule has 5 nitrogen and oxygen atoms in total. The van der Waals surface area contributed by atoms with Crippen molar-refractivity contribution in [3.63, 3.8) is 0 Å². The zero-order valence-corrected chi connectivity index (χ0v) is 14.4. The molecular weight excluding hydrogens is 310 g/mol. The number of aromatic nitrogens is 1. The number of thiazole rings is 1. The smallest absolute Gasteiger partial charge is 0.289 e. The van der Waals surface area contributed by atoms with Gasteiger partial charge in [-0.05, 0) is 12.5 Å². The first kappa shape index (κ1) is 17.0. The van der Waals surface area contributed by atoms with Crippen LogP contribution < -0.4 is 5.32 Å². The molecule has 0 fully saturated rings. The molecule has 0 radical (unpaired) electrons. The van der Waals surface area contributed by atoms with Gasteiger partial charge in [0.2, 0.25) is 5.91 Å². The van der Waals surface area contributed by atoms with Crippen molar-refractivity contribution in [1.29, 1.82) is 0 Å². The molecule has 0 aliphatic carbocycles. The first-order valence-corrected chi connectivity index (χ1v) is 8.01. The van der Waals surface area contributed by atoms with Gasteiger partial charge in [-0.2, -0.15) is 0 Å². The van der Waals surface area contributed by atoms with E-state index >= 15 is 0 Å². The van der Waals surface area contributed by atoms with E-state index in [0.29, 0.717) is 15.7 Å². The molecule has 1 N–H and O–H groups in total. The normalized spacial score (nSPS) is 11.7. The molecule has 0 unspecified atom stereocenters. The zero-order valence-electron chi connectivity index (χ0n) is 13.6. The van der Waals surface area contributed by atoms with Gasteiger partial charge >= 0.3 is 0 Å². The lowest BCUT2D eigenvalue weighted by molar-refractivity contribution is -0.123. The lowest BCUT2D eigenvalue weighted by atomic mass is 9.96. The predicted octanol–water partition coefficient (Wildman–Crippen LogP) is 3.70. The number of hydrogen-bond donors (Lipinski definition) is 1. The molecule has 0 saturated carbocycles. The number of anilines is 1. The van der Waals surface area contributed by atoms with Crippen LogP contribution in [0.3, 0.4) is 0 Å². The maximum Gasteiger partial charge on any atom is 0.289 e. The van der Waals surface area contributed by atoms with Gasteiger partial charge in [-0.15, -0.1) is 0 Å². The molecule has 23 heavy (non-hydrogen) atoms. The summed E-state index contributed by atoms with van der Waals surface area (Å²) in [6.07, 6.45) is 1.52. The van der Waals surface area contributed by atoms with Crippen molar-refractivity contribution in [2.45, 2.75) is 27.7 Å². The Morgan fingerprint density at radius 2 is 1.87 bits per heavy atom. The summed E-state index contributed by atoms with van der Waals surface area (Å²) < 4.78 is 0. The predicted molar refractivity (Wildman–Crippen MR) is 93.3 cm³/mol. The molecule has 2 amide bonds. The van der Waals surface area contributed by atoms with Gasteiger partial charge in [0.1, 0.15) is 4.88 Å². The molecular formula is C17H19N3O2S. The highest BCUT2D eigenvalue weighted by Crippen LogP contribution is 2.25. The number of rotatable bonds is 3. The average molecular weight is 329 g/mol. The number of amides is 2. The fourth-order valence-corrected chi connectivity index (χ4v) is 2.52. The molecule has 0 spiro atoms. The Morgan fingerprint density at radius 3 is 2.48 bits per heavy atom. The van der Waals surface area contributed by atoms with Crippen LogP contribution in [0.4, 0.5) is 5.13 Å². The molecule has 6 heteroatoms. The summed E-state index contributed by atoms with van der Waals surface area (Å²) in [6.45, 7) is 7.19. The van der Waals surface area contributed by atoms with Crippen LogP contribution in [-0.4, -0.2) is 23.0 Å². The third-order valence-corrected chi connectivity index (χ3v) is 4.08. The lowest BCUT2D eigenvalue weighted by Crippen LogP contribution is -2.27. The van der Waals surface area contributed by atoms with Gasteiger partial charge in [-0.1, -0.05) is 62.4 Å². The van der Waals surface area contributed by atoms with Crippen LogP contribution in [0.15, 0.2) is 35.3 Å². The Kier molecular flexibility index (Phi) is 5.05. The maximum atomic E-state index is 12.2. The molecule has 0 atom stereocenters. The van der Waals surface area contributed by atoms with Crippen LogP contribution in [0.2, 0.25) is 0 Å². The van der Waals surface area contributed by atoms with Crippen LogP contribution in [0.25, 0.3) is 0 Å². The fourth-order valence-electron chi connectivity index (χ4n) is 1.66. The molecule has 0 bridgehead atoms. The molecule has 1 aromatic heterocycles. The molecule has 0 aliphatic rings. The van der Waals surface area contributed by atoms with Crippen molar-refractivity contribution >= 4 is 34.5 Å². The van der Waals surface area contributed by atoms with E-state index in [-0.39, 0.29) is 11.8 Å². The first-order chi connectivity index (χ1) is 10.8. The molecule has 1 heterocycles. The summed E-state index contributed by atoms with van der Waals surface area (Å²) in [5, 5.41) is 3.15. The van der Waals surface area contributed by atoms with Crippen molar-refractivity contribution in [3.05, 3.63) is 46.5 Å². The van der Waals surface area contributed by atoms with Crippen molar-refractivity contribution < 1.29 is 9.59 Å². The van der Waals surface area contributed by atoms with Gasteiger partial charge in [0.05, 0.1) is 5.69 Å². The second kappa shape index (κ2) is 6.83. The SMILES string of the molecule is Cc1nc(NC(=O)C(C)(C)C)sc1C(=O)N=Cc1ccccc1. The maximum absolute atomic E-state index is 12.2. The molecule has 1 aromatic carbocycles. The Labute approximate surface area is 139 Å². The largest absolute Gasteiger partial charge is 0.301 e. The highest BCUT2D eigenvalue weighted by atomic mass is 32.1. The quantitative estimate of drug-likeness (QED) is 0.873. The summed E-state index contributed by atoms with van der Waals surface area (Å²) in [5.41, 5.74) is 0.897. The minimum atomic E-state index is -0.519. The lowest BCUT2D eigenvalue weighted by Gasteiger charge is -2.15. The van der Waals surface area contributed by atoms with Gasteiger partial charge in [-0.25, -0.2) is 9.98 Å². The van der Waals surface area contributed by atoms with E-state index in [2.05, 4.69) is 15.3 Å². The van der Waals surface area contributed by atoms with E-state index in [0.717, 1.165) is 16.9 Å². The topological polar surface area (TPSA) is 71.4 Å². The summed E-state index contributed by atoms with van der Waals surface area (Å²) in [4.78, 5) is 32.8. The van der Waals surface area contributed by atoms with Gasteiger partial charge < -0.3 is 5.32 Å². The van der Waals surface area contributed by atoms with Crippen LogP contribution in [0, 0.1) is 12.3 Å². The van der Waals surface area contributed by atoms with Crippen LogP contribution in [0.5, 0.6) is 0 Å². The molecule has 2 aromatic rings. The van der Waals surface area contributed by atoms with E-state index in [9.17, 15) is 9.59 Å². The standard InChI is InChI=1S/C17H19N3O2S/c1-11-13(14(21)18-10-12-8-6-5-7-9-12)23-16(19-11)20-15(22)17(2,3)4/h5-10H,1-4H3,(H,19,20,22). The molecule has 0 saturated heterocycles. The van der Waals surface area contributed by atoms with E-state index in [4.69, 9.17) is 0 Å². The van der Waals surface area contributed by atoms with Crippen LogP contribution in [-0.2, 0) is 4.79 Å². The Hall–Kier alpha value is -2.34. The average Bonchev–Trinajstić information content (AvgIpc) is 2.85. The number of aliphatic imine (C=N–C) groups is 1. The minimum Gasteiger partial charge on any atom is -0.301 e. The van der Waals surface area contributed by atoms with Crippen LogP contribution >= 0.6 is 11.3 Å². The van der Waals surface area contributed by atoms with Crippen molar-refractivity contribution in [1.82, 2.24) is 4.98 Å². The van der Waals surface area contributed by atoms with E-state index in [1.807, 2.05) is 51.1 Å².